The summed E-state index contributed by atoms with van der Waals surface area (Å²) in [6.07, 6.45) is 1.47. The van der Waals surface area contributed by atoms with Crippen molar-refractivity contribution in [3.63, 3.8) is 0 Å². The molecular formula is C12H15FN2O. The molecule has 86 valence electrons. The molecule has 2 rings (SSSR count). The van der Waals surface area contributed by atoms with E-state index in [0.29, 0.717) is 17.0 Å². The van der Waals surface area contributed by atoms with E-state index in [-0.39, 0.29) is 5.82 Å². The Morgan fingerprint density at radius 3 is 2.69 bits per heavy atom. The summed E-state index contributed by atoms with van der Waals surface area (Å²) in [4.78, 5) is 4.26. The van der Waals surface area contributed by atoms with Crippen LogP contribution in [0, 0.1) is 5.82 Å². The number of halogens is 1. The summed E-state index contributed by atoms with van der Waals surface area (Å²) >= 11 is 0. The van der Waals surface area contributed by atoms with Crippen LogP contribution >= 0.6 is 0 Å². The van der Waals surface area contributed by atoms with Gasteiger partial charge < -0.3 is 10.2 Å². The molecule has 1 aromatic heterocycles. The van der Waals surface area contributed by atoms with Crippen molar-refractivity contribution in [2.75, 3.05) is 0 Å². The Bertz CT molecular complexity index is 503. The van der Waals surface area contributed by atoms with Crippen molar-refractivity contribution in [1.82, 2.24) is 4.98 Å². The van der Waals surface area contributed by atoms with E-state index in [1.807, 2.05) is 13.8 Å². The number of nitrogens with two attached hydrogens (primary N) is 1. The highest BCUT2D eigenvalue weighted by Crippen LogP contribution is 2.28. The van der Waals surface area contributed by atoms with E-state index in [2.05, 4.69) is 4.98 Å². The topological polar surface area (TPSA) is 52.0 Å². The number of hydrogen-bond donors (Lipinski definition) is 1. The Morgan fingerprint density at radius 1 is 1.38 bits per heavy atom. The van der Waals surface area contributed by atoms with Gasteiger partial charge in [0.2, 0.25) is 5.89 Å². The molecule has 0 bridgehead atoms. The molecule has 0 unspecified atom stereocenters. The SMILES string of the molecule is CCC(N)(CC)c1nc2cc(F)ccc2o1. The van der Waals surface area contributed by atoms with Crippen molar-refractivity contribution < 1.29 is 8.81 Å². The zero-order valence-electron chi connectivity index (χ0n) is 9.46. The first-order valence-electron chi connectivity index (χ1n) is 5.44. The first-order valence-corrected chi connectivity index (χ1v) is 5.44. The highest BCUT2D eigenvalue weighted by molar-refractivity contribution is 5.72. The number of nitrogens with zero attached hydrogens (tertiary/aromatic N) is 1. The van der Waals surface area contributed by atoms with Crippen molar-refractivity contribution in [2.24, 2.45) is 5.73 Å². The Balaban J connectivity index is 2.54. The number of benzene rings is 1. The van der Waals surface area contributed by atoms with Gasteiger partial charge in [0.1, 0.15) is 11.3 Å². The minimum absolute atomic E-state index is 0.317. The molecule has 0 fully saturated rings. The largest absolute Gasteiger partial charge is 0.439 e. The predicted octanol–water partition coefficient (Wildman–Crippen LogP) is 2.94. The van der Waals surface area contributed by atoms with Crippen LogP contribution in [0.25, 0.3) is 11.1 Å². The van der Waals surface area contributed by atoms with E-state index < -0.39 is 5.54 Å². The van der Waals surface area contributed by atoms with Crippen LogP contribution < -0.4 is 5.73 Å². The van der Waals surface area contributed by atoms with E-state index in [4.69, 9.17) is 10.2 Å². The summed E-state index contributed by atoms with van der Waals surface area (Å²) in [5.41, 5.74) is 6.71. The normalized spacial score (nSPS) is 12.2. The van der Waals surface area contributed by atoms with Gasteiger partial charge in [-0.25, -0.2) is 9.37 Å². The quantitative estimate of drug-likeness (QED) is 0.868. The monoisotopic (exact) mass is 222 g/mol. The van der Waals surface area contributed by atoms with Gasteiger partial charge >= 0.3 is 0 Å². The van der Waals surface area contributed by atoms with Gasteiger partial charge in [0.25, 0.3) is 0 Å². The summed E-state index contributed by atoms with van der Waals surface area (Å²) < 4.78 is 18.6. The fourth-order valence-electron chi connectivity index (χ4n) is 1.67. The predicted molar refractivity (Wildman–Crippen MR) is 60.4 cm³/mol. The van der Waals surface area contributed by atoms with Crippen LogP contribution in [-0.2, 0) is 5.54 Å². The molecule has 3 nitrogen and oxygen atoms in total. The molecule has 4 heteroatoms. The van der Waals surface area contributed by atoms with Crippen molar-refractivity contribution in [3.05, 3.63) is 29.9 Å². The lowest BCUT2D eigenvalue weighted by Gasteiger charge is -2.21. The van der Waals surface area contributed by atoms with E-state index in [9.17, 15) is 4.39 Å². The molecule has 0 atom stereocenters. The van der Waals surface area contributed by atoms with Crippen molar-refractivity contribution in [1.29, 1.82) is 0 Å². The zero-order valence-corrected chi connectivity index (χ0v) is 9.46. The van der Waals surface area contributed by atoms with Crippen molar-refractivity contribution in [3.8, 4) is 0 Å². The highest BCUT2D eigenvalue weighted by atomic mass is 19.1. The molecule has 1 aromatic carbocycles. The molecule has 0 spiro atoms. The number of hydrogen-bond acceptors (Lipinski definition) is 3. The minimum Gasteiger partial charge on any atom is -0.439 e. The van der Waals surface area contributed by atoms with Gasteiger partial charge in [-0.1, -0.05) is 13.8 Å². The third-order valence-corrected chi connectivity index (χ3v) is 3.04. The van der Waals surface area contributed by atoms with Gasteiger partial charge in [0.15, 0.2) is 5.58 Å². The van der Waals surface area contributed by atoms with Gasteiger partial charge in [0.05, 0.1) is 5.54 Å². The molecule has 0 amide bonds. The molecule has 0 saturated carbocycles. The second-order valence-corrected chi connectivity index (χ2v) is 3.99. The average Bonchev–Trinajstić information content (AvgIpc) is 2.71. The van der Waals surface area contributed by atoms with E-state index in [0.717, 1.165) is 12.8 Å². The Morgan fingerprint density at radius 2 is 2.06 bits per heavy atom. The molecule has 2 N–H and O–H groups in total. The average molecular weight is 222 g/mol. The summed E-state index contributed by atoms with van der Waals surface area (Å²) in [6, 6.07) is 4.29. The first-order chi connectivity index (χ1) is 7.59. The van der Waals surface area contributed by atoms with Gasteiger partial charge in [-0.2, -0.15) is 0 Å². The second kappa shape index (κ2) is 3.87. The Kier molecular flexibility index (Phi) is 2.68. The molecule has 0 aliphatic heterocycles. The van der Waals surface area contributed by atoms with E-state index in [1.165, 1.54) is 12.1 Å². The second-order valence-electron chi connectivity index (χ2n) is 3.99. The lowest BCUT2D eigenvalue weighted by molar-refractivity contribution is 0.318. The number of oxazole rings is 1. The van der Waals surface area contributed by atoms with Crippen LogP contribution in [0.2, 0.25) is 0 Å². The Labute approximate surface area is 93.5 Å². The summed E-state index contributed by atoms with van der Waals surface area (Å²) in [5, 5.41) is 0. The molecule has 0 aliphatic carbocycles. The molecule has 2 aromatic rings. The van der Waals surface area contributed by atoms with Gasteiger partial charge in [0, 0.05) is 6.07 Å². The zero-order chi connectivity index (χ0) is 11.8. The highest BCUT2D eigenvalue weighted by Gasteiger charge is 2.29. The van der Waals surface area contributed by atoms with Crippen LogP contribution in [0.5, 0.6) is 0 Å². The fraction of sp³-hybridized carbons (Fsp3) is 0.417. The molecule has 16 heavy (non-hydrogen) atoms. The first kappa shape index (κ1) is 11.1. The maximum absolute atomic E-state index is 13.0. The van der Waals surface area contributed by atoms with E-state index >= 15 is 0 Å². The van der Waals surface area contributed by atoms with Crippen LogP contribution in [0.1, 0.15) is 32.6 Å². The van der Waals surface area contributed by atoms with Gasteiger partial charge in [-0.3, -0.25) is 0 Å². The maximum Gasteiger partial charge on any atom is 0.215 e. The molecule has 0 saturated heterocycles. The molecule has 0 radical (unpaired) electrons. The van der Waals surface area contributed by atoms with Gasteiger partial charge in [-0.05, 0) is 25.0 Å². The summed E-state index contributed by atoms with van der Waals surface area (Å²) in [6.45, 7) is 3.97. The van der Waals surface area contributed by atoms with Gasteiger partial charge in [-0.15, -0.1) is 0 Å². The lowest BCUT2D eigenvalue weighted by Crippen LogP contribution is -2.35. The van der Waals surface area contributed by atoms with Crippen molar-refractivity contribution in [2.45, 2.75) is 32.2 Å². The van der Waals surface area contributed by atoms with Crippen LogP contribution in [0.15, 0.2) is 22.6 Å². The van der Waals surface area contributed by atoms with Crippen LogP contribution in [-0.4, -0.2) is 4.98 Å². The number of rotatable bonds is 3. The molecule has 1 heterocycles. The summed E-state index contributed by atoms with van der Waals surface area (Å²) in [7, 11) is 0. The minimum atomic E-state index is -0.560. The van der Waals surface area contributed by atoms with Crippen LogP contribution in [0.3, 0.4) is 0 Å². The Hall–Kier alpha value is -1.42. The molecular weight excluding hydrogens is 207 g/mol. The third kappa shape index (κ3) is 1.69. The van der Waals surface area contributed by atoms with Crippen LogP contribution in [0.4, 0.5) is 4.39 Å². The lowest BCUT2D eigenvalue weighted by atomic mass is 9.94. The standard InChI is InChI=1S/C12H15FN2O/c1-3-12(14,4-2)11-15-9-7-8(13)5-6-10(9)16-11/h5-7H,3-4,14H2,1-2H3. The number of aromatic nitrogens is 1. The molecule has 0 aliphatic rings. The summed E-state index contributed by atoms with van der Waals surface area (Å²) in [5.74, 6) is 0.168. The smallest absolute Gasteiger partial charge is 0.215 e. The van der Waals surface area contributed by atoms with E-state index in [1.54, 1.807) is 6.07 Å². The maximum atomic E-state index is 13.0. The van der Waals surface area contributed by atoms with Crippen molar-refractivity contribution >= 4 is 11.1 Å². The number of fused-ring (bicyclic) bond motifs is 1. The third-order valence-electron chi connectivity index (χ3n) is 3.04. The fourth-order valence-corrected chi connectivity index (χ4v) is 1.67.